The first-order valence-corrected chi connectivity index (χ1v) is 7.76. The van der Waals surface area contributed by atoms with E-state index in [2.05, 4.69) is 20.8 Å². The van der Waals surface area contributed by atoms with Gasteiger partial charge in [0.25, 0.3) is 0 Å². The van der Waals surface area contributed by atoms with Gasteiger partial charge in [0.05, 0.1) is 0 Å². The Morgan fingerprint density at radius 3 is 2.60 bits per heavy atom. The molecule has 0 bridgehead atoms. The molecule has 0 aromatic carbocycles. The Balaban J connectivity index is 1.89. The van der Waals surface area contributed by atoms with Crippen molar-refractivity contribution < 1.29 is 0 Å². The summed E-state index contributed by atoms with van der Waals surface area (Å²) in [7, 11) is 1.17. The maximum atomic E-state index is 2.44. The van der Waals surface area contributed by atoms with Gasteiger partial charge >= 0.3 is 0 Å². The topological polar surface area (TPSA) is 0 Å². The molecule has 2 rings (SSSR count). The van der Waals surface area contributed by atoms with E-state index < -0.39 is 0 Å². The largest absolute Gasteiger partial charge is 0.0878 e. The van der Waals surface area contributed by atoms with Gasteiger partial charge in [0.2, 0.25) is 0 Å². The fourth-order valence-electron chi connectivity index (χ4n) is 2.62. The van der Waals surface area contributed by atoms with Gasteiger partial charge in [0.1, 0.15) is 0 Å². The zero-order valence-electron chi connectivity index (χ0n) is 10.5. The van der Waals surface area contributed by atoms with Gasteiger partial charge in [-0.2, -0.15) is 0 Å². The second-order valence-corrected chi connectivity index (χ2v) is 7.35. The number of allylic oxidation sites excluding steroid dienone is 2. The van der Waals surface area contributed by atoms with Gasteiger partial charge in [0.15, 0.2) is 0 Å². The van der Waals surface area contributed by atoms with Crippen molar-refractivity contribution in [3.05, 3.63) is 10.9 Å². The average Bonchev–Trinajstić information content (AvgIpc) is 2.14. The van der Waals surface area contributed by atoms with Crippen molar-refractivity contribution in [1.82, 2.24) is 0 Å². The molecule has 1 fully saturated rings. The summed E-state index contributed by atoms with van der Waals surface area (Å²) in [5, 5.41) is 1.86. The molecule has 86 valence electrons. The van der Waals surface area contributed by atoms with Crippen LogP contribution in [-0.4, -0.2) is 5.66 Å². The molecule has 0 saturated heterocycles. The smallest absolute Gasteiger partial charge is 0.00118 e. The molecular weight excluding hydrogens is 199 g/mol. The third-order valence-electron chi connectivity index (χ3n) is 4.28. The summed E-state index contributed by atoms with van der Waals surface area (Å²) in [5.74, 6) is 1.98. The van der Waals surface area contributed by atoms with E-state index in [0.717, 1.165) is 17.5 Å². The van der Waals surface area contributed by atoms with Gasteiger partial charge in [0, 0.05) is 0 Å². The van der Waals surface area contributed by atoms with Gasteiger partial charge in [-0.1, -0.05) is 60.6 Å². The fraction of sp³-hybridized carbons (Fsp3) is 0.857. The molecule has 0 N–H and O–H groups in total. The van der Waals surface area contributed by atoms with Crippen LogP contribution >= 0.6 is 8.58 Å². The lowest BCUT2D eigenvalue weighted by molar-refractivity contribution is 0.310. The van der Waals surface area contributed by atoms with Crippen molar-refractivity contribution in [3.8, 4) is 0 Å². The van der Waals surface area contributed by atoms with E-state index in [9.17, 15) is 0 Å². The van der Waals surface area contributed by atoms with Crippen LogP contribution in [0.25, 0.3) is 0 Å². The quantitative estimate of drug-likeness (QED) is 0.580. The summed E-state index contributed by atoms with van der Waals surface area (Å²) in [4.78, 5) is 0. The molecule has 1 aliphatic heterocycles. The molecule has 0 aromatic heterocycles. The summed E-state index contributed by atoms with van der Waals surface area (Å²) < 4.78 is 0. The van der Waals surface area contributed by atoms with Crippen LogP contribution in [0.2, 0.25) is 0 Å². The molecule has 1 aliphatic carbocycles. The molecule has 0 radical (unpaired) electrons. The van der Waals surface area contributed by atoms with E-state index in [1.54, 1.807) is 0 Å². The minimum Gasteiger partial charge on any atom is -0.0878 e. The zero-order chi connectivity index (χ0) is 10.8. The van der Waals surface area contributed by atoms with Gasteiger partial charge in [-0.15, -0.1) is 0 Å². The molecule has 0 aromatic rings. The number of hydrogen-bond donors (Lipinski definition) is 0. The first-order chi connectivity index (χ1) is 7.20. The highest BCUT2D eigenvalue weighted by Crippen LogP contribution is 2.53. The SMILES string of the molecule is CCC(C)CC1=C(CC2CCC2)C(C)P1. The van der Waals surface area contributed by atoms with Gasteiger partial charge in [-0.25, -0.2) is 0 Å². The maximum absolute atomic E-state index is 2.44. The van der Waals surface area contributed by atoms with Crippen LogP contribution in [-0.2, 0) is 0 Å². The summed E-state index contributed by atoms with van der Waals surface area (Å²) in [6.45, 7) is 7.16. The predicted molar refractivity (Wildman–Crippen MR) is 70.8 cm³/mol. The van der Waals surface area contributed by atoms with E-state index in [1.165, 1.54) is 47.1 Å². The van der Waals surface area contributed by atoms with Crippen molar-refractivity contribution in [2.75, 3.05) is 0 Å². The van der Waals surface area contributed by atoms with Crippen LogP contribution in [0.15, 0.2) is 10.9 Å². The normalized spacial score (nSPS) is 30.2. The molecule has 1 heteroatoms. The highest BCUT2D eigenvalue weighted by Gasteiger charge is 2.29. The highest BCUT2D eigenvalue weighted by atomic mass is 31.1. The lowest BCUT2D eigenvalue weighted by atomic mass is 9.79. The zero-order valence-corrected chi connectivity index (χ0v) is 11.5. The molecule has 0 amide bonds. The van der Waals surface area contributed by atoms with Crippen molar-refractivity contribution >= 4 is 8.58 Å². The summed E-state index contributed by atoms with van der Waals surface area (Å²) in [6.07, 6.45) is 8.72. The van der Waals surface area contributed by atoms with Crippen LogP contribution in [0.3, 0.4) is 0 Å². The van der Waals surface area contributed by atoms with E-state index in [0.29, 0.717) is 0 Å². The Hall–Kier alpha value is 0.170. The molecule has 2 aliphatic rings. The summed E-state index contributed by atoms with van der Waals surface area (Å²) >= 11 is 0. The predicted octanol–water partition coefficient (Wildman–Crippen LogP) is 4.95. The van der Waals surface area contributed by atoms with Gasteiger partial charge in [-0.3, -0.25) is 0 Å². The third-order valence-corrected chi connectivity index (χ3v) is 5.94. The Morgan fingerprint density at radius 2 is 2.13 bits per heavy atom. The van der Waals surface area contributed by atoms with E-state index in [1.807, 2.05) is 10.9 Å². The lowest BCUT2D eigenvalue weighted by Crippen LogP contribution is -2.20. The van der Waals surface area contributed by atoms with Crippen molar-refractivity contribution in [3.63, 3.8) is 0 Å². The number of rotatable bonds is 5. The molecule has 3 atom stereocenters. The minimum atomic E-state index is 0.913. The molecule has 0 spiro atoms. The molecule has 1 heterocycles. The molecule has 1 saturated carbocycles. The van der Waals surface area contributed by atoms with Crippen LogP contribution in [0.4, 0.5) is 0 Å². The van der Waals surface area contributed by atoms with Crippen molar-refractivity contribution in [1.29, 1.82) is 0 Å². The summed E-state index contributed by atoms with van der Waals surface area (Å²) in [6, 6.07) is 0. The minimum absolute atomic E-state index is 0.913. The Kier molecular flexibility index (Phi) is 3.88. The second kappa shape index (κ2) is 5.00. The van der Waals surface area contributed by atoms with Crippen LogP contribution in [0.1, 0.15) is 59.3 Å². The molecule has 0 nitrogen and oxygen atoms in total. The van der Waals surface area contributed by atoms with Crippen molar-refractivity contribution in [2.24, 2.45) is 11.8 Å². The highest BCUT2D eigenvalue weighted by molar-refractivity contribution is 7.46. The Labute approximate surface area is 96.7 Å². The third kappa shape index (κ3) is 2.64. The average molecular weight is 224 g/mol. The Bertz CT molecular complexity index is 250. The van der Waals surface area contributed by atoms with Crippen LogP contribution in [0.5, 0.6) is 0 Å². The van der Waals surface area contributed by atoms with E-state index in [4.69, 9.17) is 0 Å². The Morgan fingerprint density at radius 1 is 1.40 bits per heavy atom. The second-order valence-electron chi connectivity index (χ2n) is 5.59. The van der Waals surface area contributed by atoms with Gasteiger partial charge in [-0.05, 0) is 35.7 Å². The lowest BCUT2D eigenvalue weighted by Gasteiger charge is -2.37. The first-order valence-electron chi connectivity index (χ1n) is 6.69. The van der Waals surface area contributed by atoms with Crippen LogP contribution in [0, 0.1) is 11.8 Å². The standard InChI is InChI=1S/C14H25P/c1-4-10(2)8-14-13(11(3)15-14)9-12-6-5-7-12/h10-12,15H,4-9H2,1-3H3. The maximum Gasteiger partial charge on any atom is -0.00118 e. The first kappa shape index (κ1) is 11.6. The van der Waals surface area contributed by atoms with E-state index >= 15 is 0 Å². The van der Waals surface area contributed by atoms with E-state index in [-0.39, 0.29) is 0 Å². The van der Waals surface area contributed by atoms with Gasteiger partial charge < -0.3 is 0 Å². The molecular formula is C14H25P. The monoisotopic (exact) mass is 224 g/mol. The fourth-order valence-corrected chi connectivity index (χ4v) is 4.35. The molecule has 3 unspecified atom stereocenters. The van der Waals surface area contributed by atoms with Crippen molar-refractivity contribution in [2.45, 2.75) is 65.0 Å². The summed E-state index contributed by atoms with van der Waals surface area (Å²) in [5.41, 5.74) is 2.82. The van der Waals surface area contributed by atoms with Crippen LogP contribution < -0.4 is 0 Å². The number of hydrogen-bond acceptors (Lipinski definition) is 0. The molecule has 15 heavy (non-hydrogen) atoms.